The smallest absolute Gasteiger partial charge is 0.471 e. The number of aromatic nitrogens is 2. The molecule has 0 radical (unpaired) electrons. The van der Waals surface area contributed by atoms with Crippen molar-refractivity contribution in [1.29, 1.82) is 0 Å². The molecule has 1 unspecified atom stereocenters. The number of sulfone groups is 1. The minimum absolute atomic E-state index is 0.182. The van der Waals surface area contributed by atoms with Gasteiger partial charge in [-0.3, -0.25) is 4.79 Å². The predicted octanol–water partition coefficient (Wildman–Crippen LogP) is 4.95. The first-order valence-electron chi connectivity index (χ1n) is 12.0. The zero-order chi connectivity index (χ0) is 28.6. The fourth-order valence-electron chi connectivity index (χ4n) is 3.66. The standard InChI is InChI=1S/C28H24F3N3O5S/c29-28(30,31)27-33-26(34-39-27)22-12-14-24(15-13-22)38-17-23(19-40(36,37)18-21-9-5-2-6-10-21)32-25(35)16-11-20-7-3-1-4-8-20/h1-16,23H,17-19H2,(H,32,35). The molecule has 3 aromatic carbocycles. The second-order valence-electron chi connectivity index (χ2n) is 8.75. The lowest BCUT2D eigenvalue weighted by Gasteiger charge is -2.19. The van der Waals surface area contributed by atoms with E-state index in [9.17, 15) is 26.4 Å². The highest BCUT2D eigenvalue weighted by Crippen LogP contribution is 2.29. The van der Waals surface area contributed by atoms with Gasteiger partial charge in [0.2, 0.25) is 11.7 Å². The molecule has 1 amide bonds. The Kier molecular flexibility index (Phi) is 9.00. The first kappa shape index (κ1) is 28.6. The Balaban J connectivity index is 1.44. The molecule has 0 aliphatic heterocycles. The van der Waals surface area contributed by atoms with Gasteiger partial charge in [0.05, 0.1) is 17.5 Å². The van der Waals surface area contributed by atoms with Crippen molar-refractivity contribution in [2.24, 2.45) is 0 Å². The summed E-state index contributed by atoms with van der Waals surface area (Å²) >= 11 is 0. The van der Waals surface area contributed by atoms with Crippen molar-refractivity contribution in [3.05, 3.63) is 108 Å². The summed E-state index contributed by atoms with van der Waals surface area (Å²) in [5, 5.41) is 6.02. The van der Waals surface area contributed by atoms with Crippen LogP contribution in [0.2, 0.25) is 0 Å². The number of amides is 1. The SMILES string of the molecule is O=C(C=Cc1ccccc1)NC(COc1ccc(-c2noc(C(F)(F)F)n2)cc1)CS(=O)(=O)Cc1ccccc1. The molecule has 1 atom stereocenters. The normalized spacial score (nSPS) is 12.8. The molecular formula is C28H24F3N3O5S. The Labute approximate surface area is 228 Å². The second-order valence-corrected chi connectivity index (χ2v) is 10.9. The molecule has 0 bridgehead atoms. The Morgan fingerprint density at radius 2 is 1.62 bits per heavy atom. The number of hydrogen-bond acceptors (Lipinski definition) is 7. The molecular weight excluding hydrogens is 547 g/mol. The molecule has 0 spiro atoms. The number of benzene rings is 3. The van der Waals surface area contributed by atoms with Crippen molar-refractivity contribution in [2.45, 2.75) is 18.0 Å². The minimum Gasteiger partial charge on any atom is -0.491 e. The van der Waals surface area contributed by atoms with Crippen molar-refractivity contribution in [1.82, 2.24) is 15.5 Å². The second kappa shape index (κ2) is 12.6. The van der Waals surface area contributed by atoms with Gasteiger partial charge >= 0.3 is 12.1 Å². The van der Waals surface area contributed by atoms with Crippen LogP contribution in [0.15, 0.2) is 95.5 Å². The van der Waals surface area contributed by atoms with Crippen LogP contribution in [-0.2, 0) is 26.6 Å². The first-order valence-corrected chi connectivity index (χ1v) is 13.8. The van der Waals surface area contributed by atoms with E-state index >= 15 is 0 Å². The Morgan fingerprint density at radius 3 is 2.25 bits per heavy atom. The summed E-state index contributed by atoms with van der Waals surface area (Å²) in [7, 11) is -3.64. The molecule has 1 N–H and O–H groups in total. The van der Waals surface area contributed by atoms with E-state index in [1.165, 1.54) is 30.3 Å². The summed E-state index contributed by atoms with van der Waals surface area (Å²) in [6.45, 7) is -0.182. The van der Waals surface area contributed by atoms with Gasteiger partial charge in [0.1, 0.15) is 12.4 Å². The van der Waals surface area contributed by atoms with Crippen LogP contribution in [0.3, 0.4) is 0 Å². The van der Waals surface area contributed by atoms with Crippen LogP contribution in [0.5, 0.6) is 5.75 Å². The number of rotatable bonds is 11. The highest BCUT2D eigenvalue weighted by atomic mass is 32.2. The lowest BCUT2D eigenvalue weighted by atomic mass is 10.2. The molecule has 0 aliphatic rings. The average Bonchev–Trinajstić information content (AvgIpc) is 3.43. The quantitative estimate of drug-likeness (QED) is 0.254. The maximum atomic E-state index is 12.9. The number of carbonyl (C=O) groups excluding carboxylic acids is 1. The van der Waals surface area contributed by atoms with Crippen LogP contribution in [-0.4, -0.2) is 42.9 Å². The van der Waals surface area contributed by atoms with Crippen LogP contribution in [0.4, 0.5) is 13.2 Å². The van der Waals surface area contributed by atoms with E-state index in [2.05, 4.69) is 20.0 Å². The van der Waals surface area contributed by atoms with Crippen LogP contribution < -0.4 is 10.1 Å². The van der Waals surface area contributed by atoms with Gasteiger partial charge < -0.3 is 14.6 Å². The van der Waals surface area contributed by atoms with Crippen molar-refractivity contribution < 1.29 is 35.6 Å². The molecule has 4 rings (SSSR count). The van der Waals surface area contributed by atoms with Crippen LogP contribution in [0.1, 0.15) is 17.0 Å². The topological polar surface area (TPSA) is 111 Å². The van der Waals surface area contributed by atoms with E-state index in [4.69, 9.17) is 4.74 Å². The Hall–Kier alpha value is -4.45. The molecule has 40 heavy (non-hydrogen) atoms. The van der Waals surface area contributed by atoms with Crippen molar-refractivity contribution in [3.63, 3.8) is 0 Å². The van der Waals surface area contributed by atoms with E-state index in [-0.39, 0.29) is 29.5 Å². The molecule has 0 aliphatic carbocycles. The lowest BCUT2D eigenvalue weighted by molar-refractivity contribution is -0.159. The fourth-order valence-corrected chi connectivity index (χ4v) is 5.27. The van der Waals surface area contributed by atoms with Crippen molar-refractivity contribution in [3.8, 4) is 17.1 Å². The lowest BCUT2D eigenvalue weighted by Crippen LogP contribution is -2.43. The summed E-state index contributed by atoms with van der Waals surface area (Å²) < 4.78 is 74.0. The highest BCUT2D eigenvalue weighted by Gasteiger charge is 2.38. The number of carbonyl (C=O) groups is 1. The third-order valence-corrected chi connectivity index (χ3v) is 7.17. The first-order chi connectivity index (χ1) is 19.1. The molecule has 0 fully saturated rings. The van der Waals surface area contributed by atoms with Crippen LogP contribution in [0, 0.1) is 0 Å². The summed E-state index contributed by atoms with van der Waals surface area (Å²) in [6, 6.07) is 22.7. The molecule has 208 valence electrons. The van der Waals surface area contributed by atoms with Crippen molar-refractivity contribution in [2.75, 3.05) is 12.4 Å². The maximum absolute atomic E-state index is 12.9. The number of ether oxygens (including phenoxy) is 1. The Morgan fingerprint density at radius 1 is 0.975 bits per heavy atom. The molecule has 1 heterocycles. The van der Waals surface area contributed by atoms with Gasteiger partial charge in [-0.05, 0) is 41.5 Å². The van der Waals surface area contributed by atoms with Crippen LogP contribution in [0.25, 0.3) is 17.5 Å². The fraction of sp³-hybridized carbons (Fsp3) is 0.179. The van der Waals surface area contributed by atoms with E-state index in [1.54, 1.807) is 36.4 Å². The van der Waals surface area contributed by atoms with Gasteiger partial charge in [0.15, 0.2) is 9.84 Å². The molecule has 0 saturated carbocycles. The average molecular weight is 572 g/mol. The predicted molar refractivity (Wildman–Crippen MR) is 142 cm³/mol. The van der Waals surface area contributed by atoms with E-state index in [0.29, 0.717) is 11.3 Å². The zero-order valence-corrected chi connectivity index (χ0v) is 21.7. The van der Waals surface area contributed by atoms with E-state index in [0.717, 1.165) is 5.56 Å². The maximum Gasteiger partial charge on any atom is 0.471 e. The summed E-state index contributed by atoms with van der Waals surface area (Å²) in [5.41, 5.74) is 1.67. The summed E-state index contributed by atoms with van der Waals surface area (Å²) in [4.78, 5) is 15.9. The van der Waals surface area contributed by atoms with Gasteiger partial charge in [-0.15, -0.1) is 0 Å². The Bertz CT molecular complexity index is 1540. The zero-order valence-electron chi connectivity index (χ0n) is 20.9. The van der Waals surface area contributed by atoms with E-state index in [1.807, 2.05) is 30.3 Å². The third-order valence-electron chi connectivity index (χ3n) is 5.49. The number of nitrogens with zero attached hydrogens (tertiary/aromatic N) is 2. The summed E-state index contributed by atoms with van der Waals surface area (Å²) in [5.74, 6) is -2.50. The number of alkyl halides is 3. The molecule has 0 saturated heterocycles. The van der Waals surface area contributed by atoms with Gasteiger partial charge in [-0.1, -0.05) is 65.8 Å². The minimum atomic E-state index is -4.76. The van der Waals surface area contributed by atoms with Crippen molar-refractivity contribution >= 4 is 21.8 Å². The number of hydrogen-bond donors (Lipinski definition) is 1. The third kappa shape index (κ3) is 8.53. The molecule has 4 aromatic rings. The molecule has 8 nitrogen and oxygen atoms in total. The van der Waals surface area contributed by atoms with Gasteiger partial charge in [-0.2, -0.15) is 18.2 Å². The van der Waals surface area contributed by atoms with E-state index < -0.39 is 33.9 Å². The van der Waals surface area contributed by atoms with Gasteiger partial charge in [0.25, 0.3) is 0 Å². The monoisotopic (exact) mass is 571 g/mol. The molecule has 12 heteroatoms. The largest absolute Gasteiger partial charge is 0.491 e. The van der Waals surface area contributed by atoms with Gasteiger partial charge in [0, 0.05) is 11.6 Å². The summed E-state index contributed by atoms with van der Waals surface area (Å²) in [6.07, 6.45) is -1.85. The highest BCUT2D eigenvalue weighted by molar-refractivity contribution is 7.90. The van der Waals surface area contributed by atoms with Crippen LogP contribution >= 0.6 is 0 Å². The number of nitrogens with one attached hydrogen (secondary N) is 1. The van der Waals surface area contributed by atoms with Gasteiger partial charge in [-0.25, -0.2) is 8.42 Å². The molecule has 1 aromatic heterocycles. The number of halogens is 3.